The third kappa shape index (κ3) is 2.64. The van der Waals surface area contributed by atoms with E-state index in [1.54, 1.807) is 26.8 Å². The standard InChI is InChI=1S/C16H21FN2O2/c1-9(2)13-14(20)18-16(4,5)15(21)19(13)12-8-11(17)7-6-10(12)3/h6-9,13H,1-5H3,(H,18,20). The number of nitrogens with one attached hydrogen (secondary N) is 1. The number of amides is 2. The highest BCUT2D eigenvalue weighted by molar-refractivity contribution is 6.10. The summed E-state index contributed by atoms with van der Waals surface area (Å²) in [6, 6.07) is 3.65. The molecule has 0 aromatic heterocycles. The van der Waals surface area contributed by atoms with Crippen molar-refractivity contribution in [1.82, 2.24) is 5.32 Å². The van der Waals surface area contributed by atoms with E-state index in [-0.39, 0.29) is 17.7 Å². The molecule has 0 aliphatic carbocycles. The van der Waals surface area contributed by atoms with Crippen LogP contribution in [0.25, 0.3) is 0 Å². The third-order valence-corrected chi connectivity index (χ3v) is 3.80. The van der Waals surface area contributed by atoms with E-state index in [4.69, 9.17) is 0 Å². The summed E-state index contributed by atoms with van der Waals surface area (Å²) in [5.74, 6) is -0.935. The predicted octanol–water partition coefficient (Wildman–Crippen LogP) is 2.40. The van der Waals surface area contributed by atoms with Gasteiger partial charge in [-0.3, -0.25) is 14.5 Å². The second-order valence-corrected chi connectivity index (χ2v) is 6.41. The van der Waals surface area contributed by atoms with Gasteiger partial charge in [0.25, 0.3) is 5.91 Å². The maximum absolute atomic E-state index is 13.6. The minimum Gasteiger partial charge on any atom is -0.340 e. The summed E-state index contributed by atoms with van der Waals surface area (Å²) in [6.07, 6.45) is 0. The van der Waals surface area contributed by atoms with E-state index < -0.39 is 17.4 Å². The molecule has 1 aliphatic heterocycles. The summed E-state index contributed by atoms with van der Waals surface area (Å²) < 4.78 is 13.6. The summed E-state index contributed by atoms with van der Waals surface area (Å²) in [5.41, 5.74) is 0.226. The molecule has 1 N–H and O–H groups in total. The highest BCUT2D eigenvalue weighted by Gasteiger charge is 2.47. The van der Waals surface area contributed by atoms with Crippen molar-refractivity contribution in [2.45, 2.75) is 46.2 Å². The molecule has 0 radical (unpaired) electrons. The molecule has 1 aromatic carbocycles. The van der Waals surface area contributed by atoms with Gasteiger partial charge in [-0.2, -0.15) is 0 Å². The van der Waals surface area contributed by atoms with Crippen molar-refractivity contribution in [1.29, 1.82) is 0 Å². The Morgan fingerprint density at radius 1 is 1.29 bits per heavy atom. The molecule has 0 bridgehead atoms. The summed E-state index contributed by atoms with van der Waals surface area (Å²) in [6.45, 7) is 8.87. The number of nitrogens with zero attached hydrogens (tertiary/aromatic N) is 1. The van der Waals surface area contributed by atoms with Gasteiger partial charge in [-0.05, 0) is 44.4 Å². The van der Waals surface area contributed by atoms with Gasteiger partial charge in [-0.1, -0.05) is 19.9 Å². The zero-order valence-corrected chi connectivity index (χ0v) is 13.0. The average Bonchev–Trinajstić information content (AvgIpc) is 2.35. The Morgan fingerprint density at radius 3 is 2.48 bits per heavy atom. The van der Waals surface area contributed by atoms with E-state index in [1.807, 2.05) is 13.8 Å². The molecular formula is C16H21FN2O2. The molecule has 1 saturated heterocycles. The van der Waals surface area contributed by atoms with Crippen LogP contribution in [-0.2, 0) is 9.59 Å². The smallest absolute Gasteiger partial charge is 0.252 e. The third-order valence-electron chi connectivity index (χ3n) is 3.80. The number of rotatable bonds is 2. The van der Waals surface area contributed by atoms with Crippen LogP contribution in [0.1, 0.15) is 33.3 Å². The summed E-state index contributed by atoms with van der Waals surface area (Å²) in [7, 11) is 0. The predicted molar refractivity (Wildman–Crippen MR) is 79.5 cm³/mol. The van der Waals surface area contributed by atoms with Crippen LogP contribution >= 0.6 is 0 Å². The second kappa shape index (κ2) is 5.13. The molecular weight excluding hydrogens is 271 g/mol. The molecule has 114 valence electrons. The SMILES string of the molecule is Cc1ccc(F)cc1N1C(=O)C(C)(C)NC(=O)C1C(C)C. The highest BCUT2D eigenvalue weighted by Crippen LogP contribution is 2.31. The van der Waals surface area contributed by atoms with E-state index in [0.29, 0.717) is 5.69 Å². The number of carbonyl (C=O) groups excluding carboxylic acids is 2. The average molecular weight is 292 g/mol. The van der Waals surface area contributed by atoms with Gasteiger partial charge >= 0.3 is 0 Å². The van der Waals surface area contributed by atoms with E-state index in [9.17, 15) is 14.0 Å². The van der Waals surface area contributed by atoms with Crippen LogP contribution < -0.4 is 10.2 Å². The Bertz CT molecular complexity index is 596. The van der Waals surface area contributed by atoms with Crippen molar-refractivity contribution in [3.8, 4) is 0 Å². The molecule has 2 amide bonds. The van der Waals surface area contributed by atoms with Crippen molar-refractivity contribution >= 4 is 17.5 Å². The Balaban J connectivity index is 2.61. The van der Waals surface area contributed by atoms with E-state index in [0.717, 1.165) is 5.56 Å². The van der Waals surface area contributed by atoms with Crippen molar-refractivity contribution < 1.29 is 14.0 Å². The zero-order valence-electron chi connectivity index (χ0n) is 13.0. The lowest BCUT2D eigenvalue weighted by atomic mass is 9.90. The maximum Gasteiger partial charge on any atom is 0.252 e. The normalized spacial score (nSPS) is 21.7. The maximum atomic E-state index is 13.6. The van der Waals surface area contributed by atoms with Crippen LogP contribution in [-0.4, -0.2) is 23.4 Å². The van der Waals surface area contributed by atoms with Crippen molar-refractivity contribution in [2.24, 2.45) is 5.92 Å². The minimum absolute atomic E-state index is 0.0762. The summed E-state index contributed by atoms with van der Waals surface area (Å²) in [5, 5.41) is 2.75. The van der Waals surface area contributed by atoms with Gasteiger partial charge in [0.1, 0.15) is 17.4 Å². The molecule has 1 atom stereocenters. The Labute approximate surface area is 124 Å². The van der Waals surface area contributed by atoms with Crippen molar-refractivity contribution in [3.05, 3.63) is 29.6 Å². The Morgan fingerprint density at radius 2 is 1.90 bits per heavy atom. The van der Waals surface area contributed by atoms with Crippen LogP contribution in [0.3, 0.4) is 0 Å². The summed E-state index contributed by atoms with van der Waals surface area (Å²) >= 11 is 0. The fourth-order valence-electron chi connectivity index (χ4n) is 2.68. The number of anilines is 1. The fourth-order valence-corrected chi connectivity index (χ4v) is 2.68. The van der Waals surface area contributed by atoms with Gasteiger partial charge in [0.2, 0.25) is 5.91 Å². The van der Waals surface area contributed by atoms with E-state index in [2.05, 4.69) is 5.32 Å². The number of hydrogen-bond donors (Lipinski definition) is 1. The molecule has 1 fully saturated rings. The lowest BCUT2D eigenvalue weighted by Crippen LogP contribution is -2.69. The molecule has 1 aromatic rings. The molecule has 0 spiro atoms. The van der Waals surface area contributed by atoms with Crippen molar-refractivity contribution in [3.63, 3.8) is 0 Å². The fraction of sp³-hybridized carbons (Fsp3) is 0.500. The van der Waals surface area contributed by atoms with Crippen LogP contribution in [0.15, 0.2) is 18.2 Å². The van der Waals surface area contributed by atoms with Gasteiger partial charge < -0.3 is 5.32 Å². The number of hydrogen-bond acceptors (Lipinski definition) is 2. The van der Waals surface area contributed by atoms with Crippen LogP contribution in [0.4, 0.5) is 10.1 Å². The largest absolute Gasteiger partial charge is 0.340 e. The molecule has 5 heteroatoms. The first-order valence-electron chi connectivity index (χ1n) is 7.07. The molecule has 1 heterocycles. The number of aryl methyl sites for hydroxylation is 1. The number of piperazine rings is 1. The summed E-state index contributed by atoms with van der Waals surface area (Å²) in [4.78, 5) is 26.6. The first-order valence-corrected chi connectivity index (χ1v) is 7.07. The van der Waals surface area contributed by atoms with Crippen LogP contribution in [0.5, 0.6) is 0 Å². The molecule has 2 rings (SSSR count). The lowest BCUT2D eigenvalue weighted by molar-refractivity contribution is -0.138. The number of carbonyl (C=O) groups is 2. The molecule has 4 nitrogen and oxygen atoms in total. The second-order valence-electron chi connectivity index (χ2n) is 6.41. The first-order chi connectivity index (χ1) is 9.65. The molecule has 0 saturated carbocycles. The van der Waals surface area contributed by atoms with Gasteiger partial charge in [-0.15, -0.1) is 0 Å². The van der Waals surface area contributed by atoms with Crippen molar-refractivity contribution in [2.75, 3.05) is 4.90 Å². The molecule has 21 heavy (non-hydrogen) atoms. The van der Waals surface area contributed by atoms with Crippen LogP contribution in [0, 0.1) is 18.7 Å². The van der Waals surface area contributed by atoms with Crippen LogP contribution in [0.2, 0.25) is 0 Å². The molecule has 1 unspecified atom stereocenters. The number of halogens is 1. The topological polar surface area (TPSA) is 49.4 Å². The van der Waals surface area contributed by atoms with Gasteiger partial charge in [0.15, 0.2) is 0 Å². The lowest BCUT2D eigenvalue weighted by Gasteiger charge is -2.44. The highest BCUT2D eigenvalue weighted by atomic mass is 19.1. The van der Waals surface area contributed by atoms with Gasteiger partial charge in [0.05, 0.1) is 5.69 Å². The zero-order chi connectivity index (χ0) is 15.9. The van der Waals surface area contributed by atoms with Gasteiger partial charge in [0, 0.05) is 0 Å². The first kappa shape index (κ1) is 15.5. The number of benzene rings is 1. The Kier molecular flexibility index (Phi) is 3.78. The Hall–Kier alpha value is -1.91. The van der Waals surface area contributed by atoms with E-state index >= 15 is 0 Å². The quantitative estimate of drug-likeness (QED) is 0.910. The monoisotopic (exact) mass is 292 g/mol. The van der Waals surface area contributed by atoms with E-state index in [1.165, 1.54) is 17.0 Å². The molecule has 1 aliphatic rings. The minimum atomic E-state index is -0.999. The van der Waals surface area contributed by atoms with Gasteiger partial charge in [-0.25, -0.2) is 4.39 Å².